The number of hydrogen-bond donors (Lipinski definition) is 4. The topological polar surface area (TPSA) is 213 Å². The van der Waals surface area contributed by atoms with E-state index in [-0.39, 0.29) is 18.4 Å². The largest absolute Gasteiger partial charge is 0.754 e. The number of carboxylic acids is 1. The molecule has 0 bridgehead atoms. The number of unbranched alkanes of at least 4 members (excludes halogenated alkanes) is 9. The first-order valence-electron chi connectivity index (χ1n) is 13.7. The number of esters is 1. The summed E-state index contributed by atoms with van der Waals surface area (Å²) in [5, 5.41) is 17.7. The molecule has 1 unspecified atom stereocenters. The van der Waals surface area contributed by atoms with E-state index in [1.54, 1.807) is 6.07 Å². The number of aliphatic carboxylic acids is 1. The highest BCUT2D eigenvalue weighted by molar-refractivity contribution is 7.87. The monoisotopic (exact) mass is 575 g/mol. The van der Waals surface area contributed by atoms with Gasteiger partial charge in [0.25, 0.3) is 10.1 Å². The maximum atomic E-state index is 11.6. The first kappa shape index (κ1) is 34.2. The molecule has 0 aliphatic carbocycles. The lowest BCUT2D eigenvalue weighted by molar-refractivity contribution is -0.576. The zero-order chi connectivity index (χ0) is 29.3. The van der Waals surface area contributed by atoms with Crippen LogP contribution in [0, 0.1) is 5.21 Å². The van der Waals surface area contributed by atoms with Crippen molar-refractivity contribution in [2.24, 2.45) is 0 Å². The molecule has 1 saturated heterocycles. The van der Waals surface area contributed by atoms with Crippen LogP contribution >= 0.6 is 0 Å². The normalized spacial score (nSPS) is 14.3. The van der Waals surface area contributed by atoms with Crippen molar-refractivity contribution in [1.29, 1.82) is 0 Å². The van der Waals surface area contributed by atoms with E-state index in [0.717, 1.165) is 45.2 Å². The van der Waals surface area contributed by atoms with Gasteiger partial charge in [-0.2, -0.15) is 8.42 Å². The number of nitrogens with two attached hydrogens (primary N) is 2. The zero-order valence-corrected chi connectivity index (χ0v) is 23.7. The van der Waals surface area contributed by atoms with Crippen LogP contribution < -0.4 is 21.1 Å². The van der Waals surface area contributed by atoms with Crippen molar-refractivity contribution < 1.29 is 37.1 Å². The molecule has 1 aromatic heterocycles. The molecule has 1 atom stereocenters. The van der Waals surface area contributed by atoms with Crippen molar-refractivity contribution in [3.8, 4) is 0 Å². The number of rotatable bonds is 16. The Kier molecular flexibility index (Phi) is 16.1. The predicted molar refractivity (Wildman–Crippen MR) is 148 cm³/mol. The third kappa shape index (κ3) is 14.2. The van der Waals surface area contributed by atoms with Gasteiger partial charge in [-0.05, 0) is 25.7 Å². The van der Waals surface area contributed by atoms with Gasteiger partial charge < -0.3 is 31.4 Å². The van der Waals surface area contributed by atoms with Crippen molar-refractivity contribution in [2.75, 3.05) is 36.1 Å². The van der Waals surface area contributed by atoms with Crippen molar-refractivity contribution in [3.05, 3.63) is 11.3 Å². The standard InChI is InChI=1S/C16H30O7S.C9H15N5O/c1-2-3-4-5-6-7-8-9-10-11-12-23-16(19)14(13-15(17)18)24(20,21)22;10-7-6-8(12-9(11)14(7)15)13-4-2-1-3-5-13/h14H,2-13H2,1H3,(H,17,18)(H,20,21,22);6H,1-5,10H2,(H2,11,12). The van der Waals surface area contributed by atoms with Crippen LogP contribution in [0.15, 0.2) is 6.07 Å². The maximum absolute atomic E-state index is 11.6. The van der Waals surface area contributed by atoms with Crippen LogP contribution in [0.1, 0.15) is 96.8 Å². The van der Waals surface area contributed by atoms with Crippen LogP contribution in [-0.2, 0) is 24.4 Å². The van der Waals surface area contributed by atoms with Crippen molar-refractivity contribution in [3.63, 3.8) is 0 Å². The molecule has 6 N–H and O–H groups in total. The first-order chi connectivity index (χ1) is 18.5. The smallest absolute Gasteiger partial charge is 0.346 e. The summed E-state index contributed by atoms with van der Waals surface area (Å²) in [5.41, 5.74) is 11.0. The van der Waals surface area contributed by atoms with E-state index >= 15 is 0 Å². The third-order valence-electron chi connectivity index (χ3n) is 6.35. The highest BCUT2D eigenvalue weighted by Gasteiger charge is 2.34. The Hall–Kier alpha value is -2.87. The van der Waals surface area contributed by atoms with Gasteiger partial charge in [-0.15, -0.1) is 0 Å². The van der Waals surface area contributed by atoms with Gasteiger partial charge in [-0.25, -0.2) is 4.73 Å². The summed E-state index contributed by atoms with van der Waals surface area (Å²) in [6.45, 7) is 4.12. The second-order valence-electron chi connectivity index (χ2n) is 9.69. The average Bonchev–Trinajstić information content (AvgIpc) is 2.88. The molecule has 1 aliphatic rings. The van der Waals surface area contributed by atoms with E-state index in [1.807, 2.05) is 0 Å². The van der Waals surface area contributed by atoms with Gasteiger partial charge in [0.15, 0.2) is 16.9 Å². The summed E-state index contributed by atoms with van der Waals surface area (Å²) in [6.07, 6.45) is 13.6. The highest BCUT2D eigenvalue weighted by Crippen LogP contribution is 2.19. The van der Waals surface area contributed by atoms with Crippen LogP contribution in [0.2, 0.25) is 0 Å². The van der Waals surface area contributed by atoms with E-state index in [1.165, 1.54) is 44.9 Å². The molecule has 1 aromatic rings. The number of anilines is 3. The fraction of sp³-hybridized carbons (Fsp3) is 0.760. The number of hydrogen-bond acceptors (Lipinski definition) is 10. The third-order valence-corrected chi connectivity index (χ3v) is 7.43. The van der Waals surface area contributed by atoms with Gasteiger partial charge >= 0.3 is 17.9 Å². The molecule has 1 fully saturated rings. The molecular formula is C25H45N5O8S. The van der Waals surface area contributed by atoms with Crippen LogP contribution in [0.5, 0.6) is 0 Å². The number of nitrogens with zero attached hydrogens (tertiary/aromatic N) is 3. The van der Waals surface area contributed by atoms with Crippen LogP contribution in [-0.4, -0.2) is 59.9 Å². The molecule has 0 spiro atoms. The number of aromatic nitrogens is 2. The number of carbonyl (C=O) groups is 2. The van der Waals surface area contributed by atoms with Crippen molar-refractivity contribution in [1.82, 2.24) is 4.98 Å². The van der Waals surface area contributed by atoms with Crippen LogP contribution in [0.25, 0.3) is 0 Å². The second kappa shape index (κ2) is 18.4. The summed E-state index contributed by atoms with van der Waals surface area (Å²) < 4.78 is 36.1. The molecule has 14 heteroatoms. The number of piperidine rings is 1. The predicted octanol–water partition coefficient (Wildman–Crippen LogP) is 3.05. The minimum absolute atomic E-state index is 0.0287. The molecule has 0 saturated carbocycles. The Morgan fingerprint density at radius 2 is 1.59 bits per heavy atom. The lowest BCUT2D eigenvalue weighted by Gasteiger charge is -2.26. The zero-order valence-electron chi connectivity index (χ0n) is 22.9. The molecule has 0 amide bonds. The molecule has 39 heavy (non-hydrogen) atoms. The lowest BCUT2D eigenvalue weighted by atomic mass is 10.1. The minimum Gasteiger partial charge on any atom is -0.754 e. The SMILES string of the molecule is CCCCCCCCCCCCOC(=O)C(CC(=O)O)S(=O)(=O)O.Nc1cc(N2CCCCC2)nc(N)[n+]1[O-]. The van der Waals surface area contributed by atoms with Crippen LogP contribution in [0.3, 0.4) is 0 Å². The Morgan fingerprint density at radius 3 is 2.08 bits per heavy atom. The van der Waals surface area contributed by atoms with E-state index < -0.39 is 33.7 Å². The quantitative estimate of drug-likeness (QED) is 0.0736. The van der Waals surface area contributed by atoms with Gasteiger partial charge in [0.1, 0.15) is 0 Å². The Labute approximate surface area is 231 Å². The Bertz CT molecular complexity index is 964. The fourth-order valence-electron chi connectivity index (χ4n) is 4.13. The minimum atomic E-state index is -4.78. The number of nitrogen functional groups attached to an aromatic ring is 2. The van der Waals surface area contributed by atoms with Gasteiger partial charge in [-0.1, -0.05) is 69.7 Å². The van der Waals surface area contributed by atoms with E-state index in [2.05, 4.69) is 16.8 Å². The summed E-state index contributed by atoms with van der Waals surface area (Å²) in [5.74, 6) is -1.99. The average molecular weight is 576 g/mol. The molecule has 1 aliphatic heterocycles. The van der Waals surface area contributed by atoms with Crippen LogP contribution in [0.4, 0.5) is 17.6 Å². The summed E-state index contributed by atoms with van der Waals surface area (Å²) >= 11 is 0. The van der Waals surface area contributed by atoms with E-state index in [4.69, 9.17) is 25.9 Å². The van der Waals surface area contributed by atoms with Gasteiger partial charge in [-0.3, -0.25) is 14.1 Å². The number of carboxylic acid groups (broad SMARTS) is 1. The van der Waals surface area contributed by atoms with Crippen molar-refractivity contribution in [2.45, 2.75) is 102 Å². The maximum Gasteiger partial charge on any atom is 0.346 e. The Balaban J connectivity index is 0.000000429. The molecule has 224 valence electrons. The molecule has 0 radical (unpaired) electrons. The number of ether oxygens (including phenoxy) is 1. The lowest BCUT2D eigenvalue weighted by Crippen LogP contribution is -2.38. The molecular weight excluding hydrogens is 530 g/mol. The highest BCUT2D eigenvalue weighted by atomic mass is 32.2. The molecule has 13 nitrogen and oxygen atoms in total. The fourth-order valence-corrected chi connectivity index (χ4v) is 4.79. The number of carbonyl (C=O) groups excluding carboxylic acids is 1. The summed E-state index contributed by atoms with van der Waals surface area (Å²) in [6, 6.07) is 1.58. The summed E-state index contributed by atoms with van der Waals surface area (Å²) in [7, 11) is -4.78. The van der Waals surface area contributed by atoms with Gasteiger partial charge in [0.05, 0.1) is 19.1 Å². The molecule has 2 heterocycles. The second-order valence-corrected chi connectivity index (χ2v) is 11.3. The van der Waals surface area contributed by atoms with Gasteiger partial charge in [0.2, 0.25) is 0 Å². The van der Waals surface area contributed by atoms with E-state index in [9.17, 15) is 23.2 Å². The van der Waals surface area contributed by atoms with Crippen molar-refractivity contribution >= 4 is 39.6 Å². The summed E-state index contributed by atoms with van der Waals surface area (Å²) in [4.78, 5) is 28.2. The molecule has 0 aromatic carbocycles. The Morgan fingerprint density at radius 1 is 1.05 bits per heavy atom. The first-order valence-corrected chi connectivity index (χ1v) is 15.2. The van der Waals surface area contributed by atoms with Gasteiger partial charge in [0, 0.05) is 13.1 Å². The molecule has 2 rings (SSSR count). The van der Waals surface area contributed by atoms with E-state index in [0.29, 0.717) is 17.0 Å².